The van der Waals surface area contributed by atoms with Crippen molar-refractivity contribution in [3.8, 4) is 0 Å². The molecule has 0 N–H and O–H groups in total. The quantitative estimate of drug-likeness (QED) is 0.598. The van der Waals surface area contributed by atoms with Crippen molar-refractivity contribution >= 4 is 0 Å². The molecule has 0 bridgehead atoms. The summed E-state index contributed by atoms with van der Waals surface area (Å²) in [7, 11) is 0. The first-order valence-electron chi connectivity index (χ1n) is 6.91. The maximum absolute atomic E-state index is 2.60. The lowest BCUT2D eigenvalue weighted by Gasteiger charge is -2.79. The molecule has 0 amide bonds. The first-order chi connectivity index (χ1) is 6.91. The molecule has 86 valence electrons. The predicted octanol–water partition coefficient (Wildman–Crippen LogP) is 4.35. The molecule has 0 aromatic heterocycles. The normalized spacial score (nSPS) is 62.0. The molecule has 6 unspecified atom stereocenters. The molecule has 0 heterocycles. The van der Waals surface area contributed by atoms with Crippen molar-refractivity contribution in [1.29, 1.82) is 0 Å². The fourth-order valence-electron chi connectivity index (χ4n) is 5.71. The molecule has 0 heteroatoms. The Balaban J connectivity index is 1.93. The molecule has 0 radical (unpaired) electrons. The molecule has 0 spiro atoms. The summed E-state index contributed by atoms with van der Waals surface area (Å²) < 4.78 is 0. The zero-order valence-corrected chi connectivity index (χ0v) is 11.0. The molecule has 3 saturated carbocycles. The Morgan fingerprint density at radius 1 is 1.07 bits per heavy atom. The zero-order chi connectivity index (χ0) is 11.0. The Kier molecular flexibility index (Phi) is 1.78. The summed E-state index contributed by atoms with van der Waals surface area (Å²) >= 11 is 0. The van der Waals surface area contributed by atoms with Gasteiger partial charge in [0, 0.05) is 0 Å². The van der Waals surface area contributed by atoms with Crippen LogP contribution >= 0.6 is 0 Å². The summed E-state index contributed by atoms with van der Waals surface area (Å²) in [4.78, 5) is 0. The Hall–Kier alpha value is 0. The monoisotopic (exact) mass is 206 g/mol. The van der Waals surface area contributed by atoms with Gasteiger partial charge in [-0.2, -0.15) is 0 Å². The minimum absolute atomic E-state index is 0.688. The molecule has 0 nitrogen and oxygen atoms in total. The van der Waals surface area contributed by atoms with Gasteiger partial charge < -0.3 is 0 Å². The highest BCUT2D eigenvalue weighted by Crippen LogP contribution is 2.80. The van der Waals surface area contributed by atoms with Crippen LogP contribution in [0.25, 0.3) is 0 Å². The van der Waals surface area contributed by atoms with Gasteiger partial charge in [-0.05, 0) is 59.7 Å². The van der Waals surface area contributed by atoms with Gasteiger partial charge in [-0.1, -0.05) is 34.6 Å². The molecule has 0 saturated heterocycles. The van der Waals surface area contributed by atoms with E-state index in [1.54, 1.807) is 6.42 Å². The van der Waals surface area contributed by atoms with E-state index in [-0.39, 0.29) is 0 Å². The van der Waals surface area contributed by atoms with Gasteiger partial charge in [0.05, 0.1) is 0 Å². The second kappa shape index (κ2) is 2.63. The molecule has 3 aliphatic rings. The molecule has 3 fully saturated rings. The lowest BCUT2D eigenvalue weighted by Crippen LogP contribution is -2.72. The van der Waals surface area contributed by atoms with Crippen LogP contribution < -0.4 is 0 Å². The number of rotatable bonds is 1. The SMILES string of the molecule is CC(C)C1CC2CC3CC(C)(C1C)C23C. The van der Waals surface area contributed by atoms with E-state index in [1.807, 2.05) is 0 Å². The van der Waals surface area contributed by atoms with Crippen LogP contribution in [0, 0.1) is 40.4 Å². The van der Waals surface area contributed by atoms with Crippen LogP contribution in [-0.2, 0) is 0 Å². The maximum Gasteiger partial charge on any atom is -0.0212 e. The summed E-state index contributed by atoms with van der Waals surface area (Å²) in [5.74, 6) is 5.01. The molecular weight excluding hydrogens is 180 g/mol. The van der Waals surface area contributed by atoms with E-state index in [0.717, 1.165) is 35.0 Å². The molecule has 0 aliphatic heterocycles. The molecule has 0 aromatic rings. The van der Waals surface area contributed by atoms with Crippen molar-refractivity contribution in [2.24, 2.45) is 40.4 Å². The van der Waals surface area contributed by atoms with Gasteiger partial charge >= 0.3 is 0 Å². The lowest BCUT2D eigenvalue weighted by molar-refractivity contribution is -0.305. The van der Waals surface area contributed by atoms with Crippen molar-refractivity contribution in [2.45, 2.75) is 53.9 Å². The van der Waals surface area contributed by atoms with Crippen LogP contribution in [0.2, 0.25) is 0 Å². The van der Waals surface area contributed by atoms with Gasteiger partial charge in [0.25, 0.3) is 0 Å². The number of hydrogen-bond donors (Lipinski definition) is 0. The second-order valence-corrected chi connectivity index (χ2v) is 7.47. The minimum atomic E-state index is 0.688. The van der Waals surface area contributed by atoms with E-state index in [1.165, 1.54) is 12.8 Å². The first kappa shape index (κ1) is 10.2. The van der Waals surface area contributed by atoms with E-state index in [2.05, 4.69) is 34.6 Å². The van der Waals surface area contributed by atoms with Crippen molar-refractivity contribution in [2.75, 3.05) is 0 Å². The molecule has 3 rings (SSSR count). The fraction of sp³-hybridized carbons (Fsp3) is 1.00. The Labute approximate surface area is 94.8 Å². The molecule has 15 heavy (non-hydrogen) atoms. The third-order valence-electron chi connectivity index (χ3n) is 7.23. The average Bonchev–Trinajstić information content (AvgIpc) is 2.17. The molecule has 6 atom stereocenters. The summed E-state index contributed by atoms with van der Waals surface area (Å²) in [5.41, 5.74) is 1.44. The topological polar surface area (TPSA) is 0 Å². The minimum Gasteiger partial charge on any atom is -0.0625 e. The summed E-state index contributed by atoms with van der Waals surface area (Å²) in [5, 5.41) is 0. The van der Waals surface area contributed by atoms with Gasteiger partial charge in [0.15, 0.2) is 0 Å². The molecule has 0 aromatic carbocycles. The zero-order valence-electron chi connectivity index (χ0n) is 11.0. The predicted molar refractivity (Wildman–Crippen MR) is 64.5 cm³/mol. The smallest absolute Gasteiger partial charge is 0.0212 e. The van der Waals surface area contributed by atoms with Crippen molar-refractivity contribution in [1.82, 2.24) is 0 Å². The van der Waals surface area contributed by atoms with Gasteiger partial charge in [-0.25, -0.2) is 0 Å². The average molecular weight is 206 g/mol. The Bertz CT molecular complexity index is 292. The van der Waals surface area contributed by atoms with Crippen molar-refractivity contribution in [3.63, 3.8) is 0 Å². The third kappa shape index (κ3) is 0.875. The van der Waals surface area contributed by atoms with Crippen LogP contribution in [0.3, 0.4) is 0 Å². The van der Waals surface area contributed by atoms with Gasteiger partial charge in [-0.15, -0.1) is 0 Å². The fourth-order valence-corrected chi connectivity index (χ4v) is 5.71. The molecule has 3 aliphatic carbocycles. The summed E-state index contributed by atoms with van der Waals surface area (Å²) in [6.07, 6.45) is 4.62. The number of hydrogen-bond acceptors (Lipinski definition) is 0. The van der Waals surface area contributed by atoms with Crippen molar-refractivity contribution < 1.29 is 0 Å². The van der Waals surface area contributed by atoms with Gasteiger partial charge in [0.2, 0.25) is 0 Å². The van der Waals surface area contributed by atoms with Crippen LogP contribution in [0.1, 0.15) is 53.9 Å². The van der Waals surface area contributed by atoms with Crippen LogP contribution in [0.5, 0.6) is 0 Å². The van der Waals surface area contributed by atoms with E-state index < -0.39 is 0 Å². The lowest BCUT2D eigenvalue weighted by atomic mass is 9.26. The van der Waals surface area contributed by atoms with E-state index >= 15 is 0 Å². The van der Waals surface area contributed by atoms with Crippen LogP contribution in [0.15, 0.2) is 0 Å². The summed E-state index contributed by atoms with van der Waals surface area (Å²) in [6, 6.07) is 0. The Morgan fingerprint density at radius 3 is 2.27 bits per heavy atom. The Morgan fingerprint density at radius 2 is 1.73 bits per heavy atom. The first-order valence-corrected chi connectivity index (χ1v) is 6.91. The largest absolute Gasteiger partial charge is 0.0625 e. The third-order valence-corrected chi connectivity index (χ3v) is 7.23. The highest BCUT2D eigenvalue weighted by molar-refractivity contribution is 5.21. The van der Waals surface area contributed by atoms with E-state index in [9.17, 15) is 0 Å². The van der Waals surface area contributed by atoms with E-state index in [0.29, 0.717) is 5.41 Å². The van der Waals surface area contributed by atoms with Gasteiger partial charge in [0.1, 0.15) is 0 Å². The second-order valence-electron chi connectivity index (χ2n) is 7.47. The van der Waals surface area contributed by atoms with Gasteiger partial charge in [-0.3, -0.25) is 0 Å². The summed E-state index contributed by atoms with van der Waals surface area (Å²) in [6.45, 7) is 12.6. The van der Waals surface area contributed by atoms with Crippen LogP contribution in [0.4, 0.5) is 0 Å². The molecular formula is C15H26. The maximum atomic E-state index is 2.60. The highest BCUT2D eigenvalue weighted by atomic mass is 14.8. The van der Waals surface area contributed by atoms with Crippen molar-refractivity contribution in [3.05, 3.63) is 0 Å². The van der Waals surface area contributed by atoms with Crippen LogP contribution in [-0.4, -0.2) is 0 Å². The standard InChI is InChI=1S/C15H26/c1-9(2)13-7-11-6-12-8-14(4,10(13)3)15(11,12)5/h9-13H,6-8H2,1-5H3. The van der Waals surface area contributed by atoms with E-state index in [4.69, 9.17) is 0 Å². The highest BCUT2D eigenvalue weighted by Gasteiger charge is 2.73.